The van der Waals surface area contributed by atoms with Gasteiger partial charge in [-0.05, 0) is 192 Å². The molecule has 10 atom stereocenters. The van der Waals surface area contributed by atoms with E-state index in [0.29, 0.717) is 66.0 Å². The number of likely N-dealkylation sites (tertiary alicyclic amines) is 4. The fraction of sp³-hybridized carbons (Fsp3) is 0.616. The molecular weight excluding hydrogens is 1190 g/mol. The Morgan fingerprint density at radius 2 is 1.01 bits per heavy atom. The molecule has 11 aliphatic rings. The van der Waals surface area contributed by atoms with Crippen molar-refractivity contribution >= 4 is 24.1 Å². The fourth-order valence-corrected chi connectivity index (χ4v) is 18.3. The van der Waals surface area contributed by atoms with Crippen molar-refractivity contribution in [2.75, 3.05) is 78.6 Å². The smallest absolute Gasteiger partial charge is 0.223 e. The summed E-state index contributed by atoms with van der Waals surface area (Å²) in [5, 5.41) is 28.4. The van der Waals surface area contributed by atoms with Gasteiger partial charge in [-0.25, -0.2) is 0 Å². The van der Waals surface area contributed by atoms with Gasteiger partial charge in [0.2, 0.25) is 5.91 Å². The number of nitrogens with one attached hydrogen (secondary N) is 5. The first-order chi connectivity index (χ1) is 47.4. The normalized spacial score (nSPS) is 28.8. The Bertz CT molecular complexity index is 3140. The van der Waals surface area contributed by atoms with Gasteiger partial charge in [-0.15, -0.1) is 0 Å². The highest BCUT2D eigenvalue weighted by atomic mass is 16.3. The van der Waals surface area contributed by atoms with E-state index in [1.807, 2.05) is 0 Å². The van der Waals surface area contributed by atoms with E-state index in [1.165, 1.54) is 163 Å². The maximum atomic E-state index is 12.3. The molecule has 11 nitrogen and oxygen atoms in total. The summed E-state index contributed by atoms with van der Waals surface area (Å²) in [5.41, 5.74) is 12.8. The van der Waals surface area contributed by atoms with Crippen molar-refractivity contribution in [1.82, 2.24) is 46.2 Å². The van der Waals surface area contributed by atoms with Crippen LogP contribution in [0.15, 0.2) is 150 Å². The molecule has 6 saturated carbocycles. The highest BCUT2D eigenvalue weighted by molar-refractivity contribution is 5.76. The zero-order chi connectivity index (χ0) is 67.1. The molecule has 4 aromatic rings. The molecular formula is C86H125N9O2. The van der Waals surface area contributed by atoms with Crippen LogP contribution in [0.4, 0.5) is 0 Å². The Kier molecular flexibility index (Phi) is 25.4. The molecule has 4 aromatic carbocycles. The Morgan fingerprint density at radius 1 is 0.546 bits per heavy atom. The number of hydrogen-bond acceptors (Lipinski definition) is 10. The Labute approximate surface area is 586 Å². The topological polar surface area (TPSA) is 110 Å². The highest BCUT2D eigenvalue weighted by Gasteiger charge is 2.56. The first-order valence-electron chi connectivity index (χ1n) is 39.3. The third kappa shape index (κ3) is 20.1. The first-order valence-corrected chi connectivity index (χ1v) is 39.3. The van der Waals surface area contributed by atoms with E-state index in [-0.39, 0.29) is 0 Å². The molecule has 0 aromatic heterocycles. The number of carbonyl (C=O) groups excluding carboxylic acids is 1. The van der Waals surface area contributed by atoms with Gasteiger partial charge in [0.15, 0.2) is 0 Å². The van der Waals surface area contributed by atoms with Crippen molar-refractivity contribution in [3.8, 4) is 0 Å². The van der Waals surface area contributed by atoms with E-state index in [1.54, 1.807) is 16.7 Å². The molecule has 526 valence electrons. The van der Waals surface area contributed by atoms with Crippen molar-refractivity contribution in [2.45, 2.75) is 230 Å². The molecule has 0 radical (unpaired) electrons. The van der Waals surface area contributed by atoms with Crippen molar-refractivity contribution in [1.29, 1.82) is 0 Å². The summed E-state index contributed by atoms with van der Waals surface area (Å²) < 4.78 is 0. The van der Waals surface area contributed by atoms with Crippen LogP contribution in [0, 0.1) is 28.6 Å². The van der Waals surface area contributed by atoms with E-state index >= 15 is 0 Å². The molecule has 2 unspecified atom stereocenters. The van der Waals surface area contributed by atoms with Crippen LogP contribution in [0.3, 0.4) is 0 Å². The Hall–Kier alpha value is -5.21. The van der Waals surface area contributed by atoms with Gasteiger partial charge in [0, 0.05) is 131 Å². The average molecular weight is 1320 g/mol. The molecule has 5 aliphatic heterocycles. The van der Waals surface area contributed by atoms with Crippen LogP contribution in [0.25, 0.3) is 18.2 Å². The van der Waals surface area contributed by atoms with E-state index < -0.39 is 0 Å². The molecule has 11 fully saturated rings. The van der Waals surface area contributed by atoms with Crippen LogP contribution in [-0.2, 0) is 4.79 Å². The molecule has 2 spiro atoms. The molecule has 5 saturated heterocycles. The minimum absolute atomic E-state index is 0.311. The standard InChI is InChI=1S/C23H34N2O.C22H33N3O.C22H32N2.C19H26N2/c1-3-18(10-17-8-6-5-7-9-17)21-11-22(21)24-19-12-23(13-19)15-25(16-23)20(4-2)14-26;26-22(25-12-5-2-6-13-25)11-16-24-14-9-19(10-15-24)23-21-17-20(21)18-7-3-1-4-8-18;1-3-10-24-15-22(16-24)13-19(14-22)23-21-12-20(21)18(4-2)11-17-8-6-5-7-9-17;1-3-16(12-15-7-5-4-6-8-15)18-13-19(18)21-17-9-10-20-14(2)11-17/h5-10,19-22,24,26H,3-4,11-16H2,1-2H3;1,3-4,7-8,19-21,23H,2,5-6,9-17H2;5-9,11,19-21,23H,3-4,10,12-16H2,1-2H3;4-8,12,17-21H,2-3,9-11,13H2,1H3/b18-10+;;18-11+;16-12+/t20?,21-,22+;2*20-,21+;17?,18-,19+/m0000/s1. The second-order valence-electron chi connectivity index (χ2n) is 31.9. The maximum absolute atomic E-state index is 12.3. The SMILES string of the molecule is C=C1CC(N[C@@H]2C[C@H]2/C(=C/c2ccccc2)CC)CCN1.CC/C(=C\c1ccccc1)[C@@H]1C[C@H]1NC1CC2(C1)CN(C(CC)CO)C2.CCCN1CC2(CC(N[C@@H]3C[C@H]3/C(=C/c3ccccc3)CC)C2)C1.O=C(CCN1CCC(N[C@@H]2C[C@H]2c2ccccc2)CC1)N1CCCCC1. The van der Waals surface area contributed by atoms with Gasteiger partial charge in [0.05, 0.1) is 6.61 Å². The summed E-state index contributed by atoms with van der Waals surface area (Å²) in [4.78, 5) is 22.0. The van der Waals surface area contributed by atoms with Crippen molar-refractivity contribution in [3.63, 3.8) is 0 Å². The van der Waals surface area contributed by atoms with Crippen molar-refractivity contribution in [3.05, 3.63) is 173 Å². The van der Waals surface area contributed by atoms with Gasteiger partial charge in [0.25, 0.3) is 0 Å². The Balaban J connectivity index is 0.000000124. The second kappa shape index (κ2) is 34.4. The van der Waals surface area contributed by atoms with E-state index in [0.717, 1.165) is 107 Å². The number of piperidine rings is 3. The fourth-order valence-electron chi connectivity index (χ4n) is 18.3. The monoisotopic (exact) mass is 1320 g/mol. The molecule has 6 aliphatic carbocycles. The lowest BCUT2D eigenvalue weighted by Crippen LogP contribution is -2.68. The zero-order valence-electron chi connectivity index (χ0n) is 60.5. The summed E-state index contributed by atoms with van der Waals surface area (Å²) in [6.45, 7) is 28.4. The summed E-state index contributed by atoms with van der Waals surface area (Å²) in [5.74, 6) is 3.35. The molecule has 6 N–H and O–H groups in total. The van der Waals surface area contributed by atoms with Crippen molar-refractivity contribution in [2.24, 2.45) is 28.6 Å². The summed E-state index contributed by atoms with van der Waals surface area (Å²) >= 11 is 0. The molecule has 1 amide bonds. The highest BCUT2D eigenvalue weighted by Crippen LogP contribution is 2.52. The van der Waals surface area contributed by atoms with Crippen LogP contribution >= 0.6 is 0 Å². The largest absolute Gasteiger partial charge is 0.395 e. The third-order valence-electron chi connectivity index (χ3n) is 24.2. The number of benzene rings is 4. The third-order valence-corrected chi connectivity index (χ3v) is 24.2. The maximum Gasteiger partial charge on any atom is 0.223 e. The number of aliphatic hydroxyl groups excluding tert-OH is 1. The minimum Gasteiger partial charge on any atom is -0.395 e. The molecule has 11 heteroatoms. The molecule has 5 heterocycles. The molecule has 15 rings (SSSR count). The number of rotatable bonds is 26. The summed E-state index contributed by atoms with van der Waals surface area (Å²) in [6.07, 6.45) is 32.9. The lowest BCUT2D eigenvalue weighted by atomic mass is 9.60. The number of nitrogens with zero attached hydrogens (tertiary/aromatic N) is 4. The first kappa shape index (κ1) is 71.6. The van der Waals surface area contributed by atoms with Crippen LogP contribution < -0.4 is 26.6 Å². The van der Waals surface area contributed by atoms with Gasteiger partial charge in [-0.1, -0.05) is 197 Å². The predicted octanol–water partition coefficient (Wildman–Crippen LogP) is 14.7. The quantitative estimate of drug-likeness (QED) is 0.0364. The van der Waals surface area contributed by atoms with Gasteiger partial charge >= 0.3 is 0 Å². The van der Waals surface area contributed by atoms with Crippen LogP contribution in [-0.4, -0.2) is 164 Å². The summed E-state index contributed by atoms with van der Waals surface area (Å²) in [7, 11) is 0. The summed E-state index contributed by atoms with van der Waals surface area (Å²) in [6, 6.07) is 49.1. The van der Waals surface area contributed by atoms with E-state index in [2.05, 4.69) is 227 Å². The van der Waals surface area contributed by atoms with Crippen LogP contribution in [0.2, 0.25) is 0 Å². The van der Waals surface area contributed by atoms with Gasteiger partial charge in [0.1, 0.15) is 0 Å². The second-order valence-corrected chi connectivity index (χ2v) is 31.9. The zero-order valence-corrected chi connectivity index (χ0v) is 60.5. The predicted molar refractivity (Wildman–Crippen MR) is 405 cm³/mol. The molecule has 0 bridgehead atoms. The lowest BCUT2D eigenvalue weighted by molar-refractivity contribution is -0.132. The van der Waals surface area contributed by atoms with Crippen molar-refractivity contribution < 1.29 is 9.90 Å². The van der Waals surface area contributed by atoms with Crippen LogP contribution in [0.5, 0.6) is 0 Å². The Morgan fingerprint density at radius 3 is 1.46 bits per heavy atom. The number of hydrogen-bond donors (Lipinski definition) is 6. The number of aliphatic hydroxyl groups is 1. The van der Waals surface area contributed by atoms with E-state index in [4.69, 9.17) is 0 Å². The van der Waals surface area contributed by atoms with Gasteiger partial charge < -0.3 is 46.4 Å². The van der Waals surface area contributed by atoms with Crippen LogP contribution in [0.1, 0.15) is 198 Å². The minimum atomic E-state index is 0.311. The number of carbonyl (C=O) groups is 1. The molecule has 97 heavy (non-hydrogen) atoms. The number of amides is 1. The van der Waals surface area contributed by atoms with Gasteiger partial charge in [-0.2, -0.15) is 0 Å². The van der Waals surface area contributed by atoms with Gasteiger partial charge in [-0.3, -0.25) is 9.69 Å². The lowest BCUT2D eigenvalue weighted by Gasteiger charge is -2.61. The average Bonchev–Trinajstić information content (AvgIpc) is 1.75. The van der Waals surface area contributed by atoms with E-state index in [9.17, 15) is 9.90 Å².